The molecule has 28 heavy (non-hydrogen) atoms. The first-order valence-corrected chi connectivity index (χ1v) is 8.81. The van der Waals surface area contributed by atoms with Gasteiger partial charge in [0, 0.05) is 17.7 Å². The molecule has 0 spiro atoms. The lowest BCUT2D eigenvalue weighted by molar-refractivity contribution is 0.0951. The Morgan fingerprint density at radius 3 is 2.64 bits per heavy atom. The molecule has 140 valence electrons. The Kier molecular flexibility index (Phi) is 4.95. The Hall–Kier alpha value is -3.38. The molecule has 7 heteroatoms. The zero-order valence-corrected chi connectivity index (χ0v) is 15.2. The molecule has 0 saturated heterocycles. The van der Waals surface area contributed by atoms with Gasteiger partial charge in [0.05, 0.1) is 16.8 Å². The lowest BCUT2D eigenvalue weighted by atomic mass is 10.0. The van der Waals surface area contributed by atoms with Gasteiger partial charge in [0.15, 0.2) is 5.76 Å². The lowest BCUT2D eigenvalue weighted by Crippen LogP contribution is -2.24. The molecule has 0 aliphatic heterocycles. The number of nitrogens with one attached hydrogen (secondary N) is 1. The Morgan fingerprint density at radius 2 is 1.89 bits per heavy atom. The van der Waals surface area contributed by atoms with Gasteiger partial charge < -0.3 is 14.3 Å². The quantitative estimate of drug-likeness (QED) is 0.495. The maximum atomic E-state index is 13.9. The molecule has 5 nitrogen and oxygen atoms in total. The van der Waals surface area contributed by atoms with Crippen LogP contribution in [0.1, 0.15) is 15.9 Å². The molecule has 4 rings (SSSR count). The Bertz CT molecular complexity index is 1120. The summed E-state index contributed by atoms with van der Waals surface area (Å²) in [6, 6.07) is 14.9. The van der Waals surface area contributed by atoms with Gasteiger partial charge >= 0.3 is 0 Å². The summed E-state index contributed by atoms with van der Waals surface area (Å²) in [4.78, 5) is 13.0. The topological polar surface area (TPSA) is 68.3 Å². The minimum absolute atomic E-state index is 0.0173. The number of furan rings is 1. The summed E-state index contributed by atoms with van der Waals surface area (Å²) in [6.07, 6.45) is 2.92. The van der Waals surface area contributed by atoms with Crippen molar-refractivity contribution in [3.8, 4) is 22.6 Å². The van der Waals surface area contributed by atoms with Gasteiger partial charge in [-0.15, -0.1) is 0 Å². The summed E-state index contributed by atoms with van der Waals surface area (Å²) >= 11 is 6.28. The van der Waals surface area contributed by atoms with Crippen molar-refractivity contribution in [2.75, 3.05) is 0 Å². The minimum atomic E-state index is -0.462. The van der Waals surface area contributed by atoms with Gasteiger partial charge in [-0.1, -0.05) is 53.2 Å². The maximum Gasteiger partial charge on any atom is 0.257 e. The molecule has 1 N–H and O–H groups in total. The maximum absolute atomic E-state index is 13.9. The number of hydrogen-bond acceptors (Lipinski definition) is 4. The van der Waals surface area contributed by atoms with E-state index in [4.69, 9.17) is 20.5 Å². The summed E-state index contributed by atoms with van der Waals surface area (Å²) in [5, 5.41) is 7.21. The third kappa shape index (κ3) is 3.42. The highest BCUT2D eigenvalue weighted by molar-refractivity contribution is 6.33. The first kappa shape index (κ1) is 18.0. The molecule has 0 fully saturated rings. The van der Waals surface area contributed by atoms with E-state index in [1.54, 1.807) is 48.5 Å². The van der Waals surface area contributed by atoms with Crippen molar-refractivity contribution >= 4 is 17.5 Å². The zero-order valence-electron chi connectivity index (χ0n) is 14.5. The lowest BCUT2D eigenvalue weighted by Gasteiger charge is -2.08. The smallest absolute Gasteiger partial charge is 0.257 e. The van der Waals surface area contributed by atoms with E-state index in [1.165, 1.54) is 18.6 Å². The van der Waals surface area contributed by atoms with Crippen LogP contribution in [0.2, 0.25) is 5.02 Å². The van der Waals surface area contributed by atoms with Crippen molar-refractivity contribution in [2.24, 2.45) is 0 Å². The number of amides is 1. The highest BCUT2D eigenvalue weighted by Gasteiger charge is 2.26. The summed E-state index contributed by atoms with van der Waals surface area (Å²) in [5.74, 6) is -0.611. The van der Waals surface area contributed by atoms with Gasteiger partial charge in [-0.2, -0.15) is 0 Å². The van der Waals surface area contributed by atoms with Crippen molar-refractivity contribution < 1.29 is 18.1 Å². The van der Waals surface area contributed by atoms with Crippen LogP contribution in [0.4, 0.5) is 4.39 Å². The summed E-state index contributed by atoms with van der Waals surface area (Å²) < 4.78 is 24.4. The molecule has 0 saturated carbocycles. The Labute approximate surface area is 164 Å². The number of benzene rings is 2. The molecule has 2 aromatic carbocycles. The fourth-order valence-electron chi connectivity index (χ4n) is 2.83. The van der Waals surface area contributed by atoms with E-state index < -0.39 is 11.7 Å². The van der Waals surface area contributed by atoms with Crippen molar-refractivity contribution in [3.05, 3.63) is 89.1 Å². The zero-order chi connectivity index (χ0) is 19.5. The number of hydrogen-bond donors (Lipinski definition) is 1. The molecule has 4 aromatic rings. The SMILES string of the molecule is O=C(NCc1ccccc1F)c1c(-c2ccccc2Cl)noc1-c1ccoc1. The Morgan fingerprint density at radius 1 is 1.11 bits per heavy atom. The Balaban J connectivity index is 1.73. The average molecular weight is 397 g/mol. The van der Waals surface area contributed by atoms with Crippen LogP contribution in [0.25, 0.3) is 22.6 Å². The predicted octanol–water partition coefficient (Wildman–Crippen LogP) is 5.32. The third-order valence-electron chi connectivity index (χ3n) is 4.23. The first-order valence-electron chi connectivity index (χ1n) is 8.44. The normalized spacial score (nSPS) is 10.8. The van der Waals surface area contributed by atoms with E-state index in [0.29, 0.717) is 27.4 Å². The second kappa shape index (κ2) is 7.70. The molecular weight excluding hydrogens is 383 g/mol. The number of carbonyl (C=O) groups is 1. The molecule has 0 bridgehead atoms. The highest BCUT2D eigenvalue weighted by Crippen LogP contribution is 2.35. The summed E-state index contributed by atoms with van der Waals surface area (Å²) in [7, 11) is 0. The van der Waals surface area contributed by atoms with Gasteiger partial charge in [0.2, 0.25) is 0 Å². The van der Waals surface area contributed by atoms with Crippen molar-refractivity contribution in [3.63, 3.8) is 0 Å². The van der Waals surface area contributed by atoms with E-state index in [1.807, 2.05) is 0 Å². The van der Waals surface area contributed by atoms with Crippen molar-refractivity contribution in [2.45, 2.75) is 6.54 Å². The van der Waals surface area contributed by atoms with Crippen LogP contribution >= 0.6 is 11.6 Å². The largest absolute Gasteiger partial charge is 0.472 e. The molecular formula is C21H14ClFN2O3. The van der Waals surface area contributed by atoms with E-state index in [9.17, 15) is 9.18 Å². The van der Waals surface area contributed by atoms with Crippen LogP contribution in [0, 0.1) is 5.82 Å². The third-order valence-corrected chi connectivity index (χ3v) is 4.56. The molecule has 2 heterocycles. The molecule has 2 aromatic heterocycles. The van der Waals surface area contributed by atoms with Crippen LogP contribution in [-0.4, -0.2) is 11.1 Å². The standard InChI is InChI=1S/C21H14ClFN2O3/c22-16-7-3-2-6-15(16)19-18(20(28-25-19)14-9-10-27-12-14)21(26)24-11-13-5-1-4-8-17(13)23/h1-10,12H,11H2,(H,24,26). The molecule has 0 unspecified atom stereocenters. The highest BCUT2D eigenvalue weighted by atomic mass is 35.5. The van der Waals surface area contributed by atoms with Gasteiger partial charge in [-0.3, -0.25) is 4.79 Å². The van der Waals surface area contributed by atoms with Crippen LogP contribution < -0.4 is 5.32 Å². The molecule has 0 atom stereocenters. The fourth-order valence-corrected chi connectivity index (χ4v) is 3.06. The monoisotopic (exact) mass is 396 g/mol. The van der Waals surface area contributed by atoms with Crippen molar-refractivity contribution in [1.29, 1.82) is 0 Å². The summed E-state index contributed by atoms with van der Waals surface area (Å²) in [6.45, 7) is 0.0173. The van der Waals surface area contributed by atoms with Gasteiger partial charge in [0.25, 0.3) is 5.91 Å². The summed E-state index contributed by atoms with van der Waals surface area (Å²) in [5.41, 5.74) is 1.98. The van der Waals surface area contributed by atoms with Gasteiger partial charge in [-0.25, -0.2) is 4.39 Å². The first-order chi connectivity index (χ1) is 13.6. The van der Waals surface area contributed by atoms with Crippen LogP contribution in [0.15, 0.2) is 76.1 Å². The minimum Gasteiger partial charge on any atom is -0.472 e. The second-order valence-corrected chi connectivity index (χ2v) is 6.41. The number of carbonyl (C=O) groups excluding carboxylic acids is 1. The van der Waals surface area contributed by atoms with Gasteiger partial charge in [0.1, 0.15) is 23.3 Å². The molecule has 0 aliphatic carbocycles. The van der Waals surface area contributed by atoms with E-state index in [-0.39, 0.29) is 17.9 Å². The van der Waals surface area contributed by atoms with Gasteiger partial charge in [-0.05, 0) is 18.2 Å². The second-order valence-electron chi connectivity index (χ2n) is 6.00. The van der Waals surface area contributed by atoms with Crippen LogP contribution in [-0.2, 0) is 6.54 Å². The van der Waals surface area contributed by atoms with Crippen molar-refractivity contribution in [1.82, 2.24) is 10.5 Å². The molecule has 1 amide bonds. The van der Waals surface area contributed by atoms with Crippen LogP contribution in [0.5, 0.6) is 0 Å². The van der Waals surface area contributed by atoms with Crippen LogP contribution in [0.3, 0.4) is 0 Å². The number of rotatable bonds is 5. The van der Waals surface area contributed by atoms with E-state index in [0.717, 1.165) is 0 Å². The predicted molar refractivity (Wildman–Crippen MR) is 102 cm³/mol. The van der Waals surface area contributed by atoms with E-state index >= 15 is 0 Å². The molecule has 0 radical (unpaired) electrons. The average Bonchev–Trinajstić information content (AvgIpc) is 3.37. The number of nitrogens with zero attached hydrogens (tertiary/aromatic N) is 1. The number of aromatic nitrogens is 1. The fraction of sp³-hybridized carbons (Fsp3) is 0.0476. The van der Waals surface area contributed by atoms with E-state index in [2.05, 4.69) is 10.5 Å². The number of halogens is 2. The molecule has 0 aliphatic rings.